The number of rotatable bonds is 4. The van der Waals surface area contributed by atoms with Crippen LogP contribution in [0.3, 0.4) is 0 Å². The van der Waals surface area contributed by atoms with Gasteiger partial charge in [0.1, 0.15) is 5.82 Å². The van der Waals surface area contributed by atoms with Crippen molar-refractivity contribution in [3.8, 4) is 0 Å². The summed E-state index contributed by atoms with van der Waals surface area (Å²) in [5.41, 5.74) is 1.71. The van der Waals surface area contributed by atoms with Crippen LogP contribution in [0, 0.1) is 0 Å². The number of aromatic nitrogens is 5. The lowest BCUT2D eigenvalue weighted by Crippen LogP contribution is -2.17. The molecule has 0 aliphatic carbocycles. The van der Waals surface area contributed by atoms with Crippen LogP contribution < -0.4 is 4.90 Å². The van der Waals surface area contributed by atoms with E-state index in [1.54, 1.807) is 40.6 Å². The average molecular weight is 300 g/mol. The molecule has 0 aliphatic rings. The van der Waals surface area contributed by atoms with E-state index in [1.807, 2.05) is 25.2 Å². The molecule has 3 rings (SSSR count). The molecule has 3 heterocycles. The summed E-state index contributed by atoms with van der Waals surface area (Å²) in [6, 6.07) is 3.40. The monoisotopic (exact) mass is 300 g/mol. The molecule has 0 aliphatic heterocycles. The van der Waals surface area contributed by atoms with Crippen molar-refractivity contribution < 1.29 is 9.53 Å². The van der Waals surface area contributed by atoms with Gasteiger partial charge in [-0.25, -0.2) is 9.78 Å². The van der Waals surface area contributed by atoms with E-state index in [0.29, 0.717) is 18.1 Å². The van der Waals surface area contributed by atoms with Crippen molar-refractivity contribution in [2.45, 2.75) is 6.92 Å². The highest BCUT2D eigenvalue weighted by Crippen LogP contribution is 2.24. The Morgan fingerprint density at radius 1 is 1.41 bits per heavy atom. The Labute approximate surface area is 126 Å². The van der Waals surface area contributed by atoms with Gasteiger partial charge >= 0.3 is 5.97 Å². The minimum atomic E-state index is -0.452. The lowest BCUT2D eigenvalue weighted by Gasteiger charge is -2.18. The van der Waals surface area contributed by atoms with Crippen molar-refractivity contribution in [2.24, 2.45) is 7.05 Å². The molecule has 0 bridgehead atoms. The summed E-state index contributed by atoms with van der Waals surface area (Å²) in [7, 11) is 3.72. The van der Waals surface area contributed by atoms with E-state index < -0.39 is 5.97 Å². The summed E-state index contributed by atoms with van der Waals surface area (Å²) in [5.74, 6) is 0.248. The molecule has 0 aromatic carbocycles. The minimum absolute atomic E-state index is 0.251. The summed E-state index contributed by atoms with van der Waals surface area (Å²) in [4.78, 5) is 18.1. The second kappa shape index (κ2) is 5.47. The van der Waals surface area contributed by atoms with E-state index in [1.165, 1.54) is 0 Å². The first-order valence-corrected chi connectivity index (χ1v) is 6.84. The third kappa shape index (κ3) is 2.39. The van der Waals surface area contributed by atoms with Gasteiger partial charge in [0.2, 0.25) is 0 Å². The number of carbonyl (C=O) groups is 1. The Morgan fingerprint density at radius 2 is 2.23 bits per heavy atom. The third-order valence-electron chi connectivity index (χ3n) is 3.25. The van der Waals surface area contributed by atoms with E-state index in [2.05, 4.69) is 15.2 Å². The Hall–Kier alpha value is -2.90. The molecule has 22 heavy (non-hydrogen) atoms. The molecule has 0 atom stereocenters. The summed E-state index contributed by atoms with van der Waals surface area (Å²) < 4.78 is 8.40. The Kier molecular flexibility index (Phi) is 3.50. The van der Waals surface area contributed by atoms with Gasteiger partial charge in [0.05, 0.1) is 24.7 Å². The fourth-order valence-electron chi connectivity index (χ4n) is 2.16. The molecule has 0 saturated carbocycles. The molecule has 0 unspecified atom stereocenters. The van der Waals surface area contributed by atoms with Crippen LogP contribution in [0.4, 0.5) is 11.5 Å². The highest BCUT2D eigenvalue weighted by molar-refractivity contribution is 5.89. The zero-order valence-electron chi connectivity index (χ0n) is 12.6. The van der Waals surface area contributed by atoms with Crippen molar-refractivity contribution in [1.29, 1.82) is 0 Å². The maximum absolute atomic E-state index is 12.0. The first-order valence-electron chi connectivity index (χ1n) is 6.84. The molecule has 0 spiro atoms. The molecule has 0 radical (unpaired) electrons. The first-order chi connectivity index (χ1) is 10.6. The van der Waals surface area contributed by atoms with Crippen LogP contribution in [0.5, 0.6) is 0 Å². The van der Waals surface area contributed by atoms with E-state index in [-0.39, 0.29) is 5.69 Å². The number of ether oxygens (including phenoxy) is 1. The maximum atomic E-state index is 12.0. The summed E-state index contributed by atoms with van der Waals surface area (Å²) in [6.07, 6.45) is 5.25. The predicted molar refractivity (Wildman–Crippen MR) is 80.2 cm³/mol. The van der Waals surface area contributed by atoms with Gasteiger partial charge in [-0.2, -0.15) is 14.7 Å². The highest BCUT2D eigenvalue weighted by Gasteiger charge is 2.17. The fraction of sp³-hybridized carbons (Fsp3) is 0.286. The number of hydrogen-bond acceptors (Lipinski definition) is 6. The van der Waals surface area contributed by atoms with Gasteiger partial charge in [0.15, 0.2) is 11.3 Å². The second-order valence-electron chi connectivity index (χ2n) is 4.75. The van der Waals surface area contributed by atoms with Gasteiger partial charge in [-0.3, -0.25) is 4.68 Å². The number of aryl methyl sites for hydroxylation is 1. The Morgan fingerprint density at radius 3 is 2.91 bits per heavy atom. The van der Waals surface area contributed by atoms with Crippen LogP contribution in [0.2, 0.25) is 0 Å². The van der Waals surface area contributed by atoms with E-state index in [0.717, 1.165) is 5.69 Å². The van der Waals surface area contributed by atoms with Crippen molar-refractivity contribution >= 4 is 23.1 Å². The third-order valence-corrected chi connectivity index (χ3v) is 3.25. The van der Waals surface area contributed by atoms with E-state index in [9.17, 15) is 4.79 Å². The van der Waals surface area contributed by atoms with Crippen LogP contribution >= 0.6 is 0 Å². The van der Waals surface area contributed by atoms with Crippen molar-refractivity contribution in [3.63, 3.8) is 0 Å². The Balaban J connectivity index is 2.10. The zero-order valence-corrected chi connectivity index (χ0v) is 12.6. The van der Waals surface area contributed by atoms with E-state index in [4.69, 9.17) is 4.74 Å². The van der Waals surface area contributed by atoms with Gasteiger partial charge in [0, 0.05) is 32.4 Å². The molecule has 3 aromatic rings. The zero-order chi connectivity index (χ0) is 15.7. The molecule has 0 fully saturated rings. The SMILES string of the molecule is CCOC(=O)c1cc(N(C)c2cnn(C)c2)n2nccc2n1. The maximum Gasteiger partial charge on any atom is 0.357 e. The molecular formula is C14H16N6O2. The standard InChI is InChI=1S/C14H16N6O2/c1-4-22-14(21)11-7-13(20-12(17-11)5-6-15-20)19(3)10-8-16-18(2)9-10/h5-9H,4H2,1-3H3. The normalized spacial score (nSPS) is 10.9. The number of carbonyl (C=O) groups excluding carboxylic acids is 1. The van der Waals surface area contributed by atoms with Crippen molar-refractivity contribution in [2.75, 3.05) is 18.6 Å². The van der Waals surface area contributed by atoms with Gasteiger partial charge < -0.3 is 9.64 Å². The molecule has 114 valence electrons. The van der Waals surface area contributed by atoms with Crippen molar-refractivity contribution in [1.82, 2.24) is 24.4 Å². The smallest absolute Gasteiger partial charge is 0.357 e. The van der Waals surface area contributed by atoms with Gasteiger partial charge in [-0.05, 0) is 6.92 Å². The molecular weight excluding hydrogens is 284 g/mol. The van der Waals surface area contributed by atoms with Gasteiger partial charge in [0.25, 0.3) is 0 Å². The van der Waals surface area contributed by atoms with Crippen LogP contribution in [0.25, 0.3) is 5.65 Å². The fourth-order valence-corrected chi connectivity index (χ4v) is 2.16. The first kappa shape index (κ1) is 14.1. The molecule has 3 aromatic heterocycles. The summed E-state index contributed by atoms with van der Waals surface area (Å²) >= 11 is 0. The number of fused-ring (bicyclic) bond motifs is 1. The van der Waals surface area contributed by atoms with Gasteiger partial charge in [-0.1, -0.05) is 0 Å². The minimum Gasteiger partial charge on any atom is -0.461 e. The molecule has 8 nitrogen and oxygen atoms in total. The predicted octanol–water partition coefficient (Wildman–Crippen LogP) is 1.41. The summed E-state index contributed by atoms with van der Waals surface area (Å²) in [6.45, 7) is 2.07. The Bertz CT molecular complexity index is 822. The highest BCUT2D eigenvalue weighted by atomic mass is 16.5. The average Bonchev–Trinajstić information content (AvgIpc) is 3.14. The van der Waals surface area contributed by atoms with Crippen LogP contribution in [0.15, 0.2) is 30.7 Å². The molecule has 8 heteroatoms. The number of anilines is 2. The van der Waals surface area contributed by atoms with Crippen LogP contribution in [-0.4, -0.2) is 44.0 Å². The van der Waals surface area contributed by atoms with E-state index >= 15 is 0 Å². The quantitative estimate of drug-likeness (QED) is 0.678. The number of hydrogen-bond donors (Lipinski definition) is 0. The topological polar surface area (TPSA) is 77.5 Å². The van der Waals surface area contributed by atoms with Crippen LogP contribution in [-0.2, 0) is 11.8 Å². The van der Waals surface area contributed by atoms with Crippen molar-refractivity contribution in [3.05, 3.63) is 36.4 Å². The number of nitrogens with zero attached hydrogens (tertiary/aromatic N) is 6. The van der Waals surface area contributed by atoms with Crippen LogP contribution in [0.1, 0.15) is 17.4 Å². The molecule has 0 amide bonds. The lowest BCUT2D eigenvalue weighted by atomic mass is 10.3. The summed E-state index contributed by atoms with van der Waals surface area (Å²) in [5, 5.41) is 8.41. The largest absolute Gasteiger partial charge is 0.461 e. The molecule has 0 saturated heterocycles. The number of esters is 1. The second-order valence-corrected chi connectivity index (χ2v) is 4.75. The lowest BCUT2D eigenvalue weighted by molar-refractivity contribution is 0.0519. The van der Waals surface area contributed by atoms with Gasteiger partial charge in [-0.15, -0.1) is 0 Å². The molecule has 0 N–H and O–H groups in total.